The van der Waals surface area contributed by atoms with Crippen LogP contribution < -0.4 is 26.2 Å². The second-order valence-corrected chi connectivity index (χ2v) is 17.4. The zero-order valence-electron chi connectivity index (χ0n) is 33.4. The van der Waals surface area contributed by atoms with E-state index in [-0.39, 0.29) is 18.4 Å². The molecule has 0 spiro atoms. The maximum absolute atomic E-state index is 13.7. The second-order valence-electron chi connectivity index (χ2n) is 15.9. The van der Waals surface area contributed by atoms with Crippen LogP contribution in [0.5, 0.6) is 0 Å². The van der Waals surface area contributed by atoms with Gasteiger partial charge in [-0.25, -0.2) is 23.3 Å². The summed E-state index contributed by atoms with van der Waals surface area (Å²) in [6.07, 6.45) is 13.2. The van der Waals surface area contributed by atoms with Crippen molar-refractivity contribution in [1.29, 1.82) is 0 Å². The Hall–Kier alpha value is -5.19. The Balaban J connectivity index is 0.780. The van der Waals surface area contributed by atoms with E-state index in [9.17, 15) is 13.8 Å². The molecule has 2 aromatic carbocycles. The van der Waals surface area contributed by atoms with Gasteiger partial charge in [-0.05, 0) is 99.3 Å². The van der Waals surface area contributed by atoms with E-state index in [4.69, 9.17) is 5.73 Å². The molecule has 4 fully saturated rings. The van der Waals surface area contributed by atoms with Crippen molar-refractivity contribution in [3.05, 3.63) is 72.2 Å². The number of benzene rings is 2. The first-order valence-corrected chi connectivity index (χ1v) is 21.6. The highest BCUT2D eigenvalue weighted by molar-refractivity contribution is 7.82. The summed E-state index contributed by atoms with van der Waals surface area (Å²) in [5.41, 5.74) is 10.8. The highest BCUT2D eigenvalue weighted by Gasteiger charge is 2.30. The normalized spacial score (nSPS) is 20.6. The summed E-state index contributed by atoms with van der Waals surface area (Å²) in [6.45, 7) is 7.13. The molecule has 1 atom stereocenters. The van der Waals surface area contributed by atoms with Crippen molar-refractivity contribution in [2.24, 2.45) is 23.7 Å². The Morgan fingerprint density at radius 2 is 1.72 bits per heavy atom. The van der Waals surface area contributed by atoms with Crippen LogP contribution >= 0.6 is 0 Å². The Bertz CT molecular complexity index is 2180. The van der Waals surface area contributed by atoms with Crippen LogP contribution in [0.1, 0.15) is 62.0 Å². The molecule has 4 N–H and O–H groups in total. The molecule has 0 bridgehead atoms. The van der Waals surface area contributed by atoms with E-state index in [0.717, 1.165) is 117 Å². The number of nitrogens with one attached hydrogen (secondary N) is 2. The predicted octanol–water partition coefficient (Wildman–Crippen LogP) is 4.50. The summed E-state index contributed by atoms with van der Waals surface area (Å²) in [5.74, 6) is 2.10. The number of carbonyl (C=O) groups excluding carboxylic acids is 2. The smallest absolute Gasteiger partial charge is 0.329 e. The molecule has 15 nitrogen and oxygen atoms in total. The molecule has 0 radical (unpaired) electrons. The number of amides is 3. The molecule has 4 aliphatic rings. The van der Waals surface area contributed by atoms with E-state index in [1.54, 1.807) is 30.6 Å². The number of rotatable bonds is 11. The first-order chi connectivity index (χ1) is 28.3. The average molecular weight is 807 g/mol. The molecule has 4 aromatic rings. The first-order valence-electron chi connectivity index (χ1n) is 20.5. The van der Waals surface area contributed by atoms with Gasteiger partial charge in [0.25, 0.3) is 0 Å². The summed E-state index contributed by atoms with van der Waals surface area (Å²) in [5, 5.41) is 11.4. The summed E-state index contributed by atoms with van der Waals surface area (Å²) >= 11 is 0. The number of likely N-dealkylation sites (tertiary alicyclic amines) is 1. The summed E-state index contributed by atoms with van der Waals surface area (Å²) in [4.78, 5) is 44.7. The quantitative estimate of drug-likeness (QED) is 0.184. The number of aliphatic imine (C=N–C) groups is 1. The Kier molecular flexibility index (Phi) is 12.1. The van der Waals surface area contributed by atoms with Crippen LogP contribution in [-0.2, 0) is 22.8 Å². The van der Waals surface area contributed by atoms with Gasteiger partial charge in [0.2, 0.25) is 11.9 Å². The molecule has 6 heterocycles. The number of hydrogen-bond donors (Lipinski definition) is 3. The van der Waals surface area contributed by atoms with Crippen LogP contribution in [0.15, 0.2) is 70.9 Å². The number of carbonyl (C=O) groups is 2. The minimum Gasteiger partial charge on any atom is -0.404 e. The SMILES string of the molecule is CN=C/C(=C\N)c1cnc(NC2CCN(S(=O)c3cccc(N4CCC(CN5CCC(c6ccc7c(N8CCC(=O)NC8=O)nn(C)c7c6)CC5)CC4)c3)CC2)nc1. The van der Waals surface area contributed by atoms with Gasteiger partial charge in [-0.3, -0.25) is 24.7 Å². The number of aryl methyl sites for hydroxylation is 1. The number of allylic oxidation sites excluding steroid dienone is 1. The third-order valence-corrected chi connectivity index (χ3v) is 13.7. The Morgan fingerprint density at radius 3 is 2.43 bits per heavy atom. The van der Waals surface area contributed by atoms with E-state index >= 15 is 0 Å². The Labute approximate surface area is 342 Å². The molecule has 16 heteroatoms. The maximum atomic E-state index is 13.7. The number of nitrogens with zero attached hydrogens (tertiary/aromatic N) is 9. The third-order valence-electron chi connectivity index (χ3n) is 12.2. The van der Waals surface area contributed by atoms with Gasteiger partial charge in [0.1, 0.15) is 11.0 Å². The number of nitrogens with two attached hydrogens (primary N) is 1. The van der Waals surface area contributed by atoms with Crippen molar-refractivity contribution < 1.29 is 13.8 Å². The fourth-order valence-corrected chi connectivity index (χ4v) is 10.1. The second kappa shape index (κ2) is 17.7. The Morgan fingerprint density at radius 1 is 0.966 bits per heavy atom. The number of urea groups is 1. The van der Waals surface area contributed by atoms with Gasteiger partial charge in [0.15, 0.2) is 5.82 Å². The maximum Gasteiger partial charge on any atom is 0.329 e. The van der Waals surface area contributed by atoms with Gasteiger partial charge in [-0.1, -0.05) is 12.1 Å². The standard InChI is InChI=1S/C42H54N12O3S/c1-44-25-32(24-43)33-26-45-41(46-27-33)47-34-12-19-53(20-13-34)58(57)36-5-3-4-35(23-36)52-17-8-29(9-18-52)28-51-15-10-30(11-16-51)31-6-7-37-38(22-31)50(2)49-40(37)54-21-14-39(55)48-42(54)56/h3-7,22-27,29-30,34H,8-21,28,43H2,1-2H3,(H,45,46,47)(H,48,55,56)/b32-24+,44-25?. The molecule has 58 heavy (non-hydrogen) atoms. The molecular weight excluding hydrogens is 753 g/mol. The lowest BCUT2D eigenvalue weighted by molar-refractivity contribution is -0.120. The predicted molar refractivity (Wildman–Crippen MR) is 229 cm³/mol. The van der Waals surface area contributed by atoms with Crippen molar-refractivity contribution in [2.45, 2.75) is 61.8 Å². The van der Waals surface area contributed by atoms with Gasteiger partial charge in [-0.15, -0.1) is 0 Å². The summed E-state index contributed by atoms with van der Waals surface area (Å²) < 4.78 is 17.7. The minimum atomic E-state index is -1.22. The van der Waals surface area contributed by atoms with Crippen LogP contribution in [0, 0.1) is 5.92 Å². The van der Waals surface area contributed by atoms with Gasteiger partial charge in [0, 0.05) is 113 Å². The zero-order valence-corrected chi connectivity index (χ0v) is 34.2. The number of imide groups is 1. The van der Waals surface area contributed by atoms with Crippen molar-refractivity contribution in [3.63, 3.8) is 0 Å². The van der Waals surface area contributed by atoms with Crippen LogP contribution in [0.3, 0.4) is 0 Å². The van der Waals surface area contributed by atoms with Crippen LogP contribution in [0.4, 0.5) is 22.2 Å². The molecule has 4 aliphatic heterocycles. The van der Waals surface area contributed by atoms with E-state index in [2.05, 4.69) is 75.1 Å². The van der Waals surface area contributed by atoms with Crippen LogP contribution in [0.25, 0.3) is 16.5 Å². The first kappa shape index (κ1) is 39.6. The molecule has 0 saturated carbocycles. The molecule has 306 valence electrons. The van der Waals surface area contributed by atoms with E-state index in [0.29, 0.717) is 30.1 Å². The van der Waals surface area contributed by atoms with Gasteiger partial charge in [-0.2, -0.15) is 5.10 Å². The lowest BCUT2D eigenvalue weighted by Gasteiger charge is -2.38. The molecular formula is C42H54N12O3S. The highest BCUT2D eigenvalue weighted by Crippen LogP contribution is 2.35. The number of hydrogen-bond acceptors (Lipinski definition) is 11. The number of piperidine rings is 3. The van der Waals surface area contributed by atoms with Crippen molar-refractivity contribution >= 4 is 63.1 Å². The monoisotopic (exact) mass is 806 g/mol. The fraction of sp³-hybridized carbons (Fsp3) is 0.476. The third kappa shape index (κ3) is 8.78. The van der Waals surface area contributed by atoms with Crippen LogP contribution in [-0.4, -0.2) is 117 Å². The van der Waals surface area contributed by atoms with E-state index in [1.165, 1.54) is 11.8 Å². The molecule has 1 unspecified atom stereocenters. The number of aromatic nitrogens is 4. The lowest BCUT2D eigenvalue weighted by atomic mass is 9.88. The molecule has 3 amide bonds. The van der Waals surface area contributed by atoms with E-state index < -0.39 is 17.0 Å². The fourth-order valence-electron chi connectivity index (χ4n) is 8.85. The lowest BCUT2D eigenvalue weighted by Crippen LogP contribution is -2.49. The van der Waals surface area contributed by atoms with Gasteiger partial charge < -0.3 is 20.9 Å². The molecule has 2 aromatic heterocycles. The van der Waals surface area contributed by atoms with Crippen molar-refractivity contribution in [2.75, 3.05) is 74.5 Å². The number of fused-ring (bicyclic) bond motifs is 1. The largest absolute Gasteiger partial charge is 0.404 e. The summed E-state index contributed by atoms with van der Waals surface area (Å²) in [7, 11) is 2.40. The van der Waals surface area contributed by atoms with Gasteiger partial charge >= 0.3 is 6.03 Å². The van der Waals surface area contributed by atoms with Gasteiger partial charge in [0.05, 0.1) is 10.4 Å². The molecule has 8 rings (SSSR count). The molecule has 0 aliphatic carbocycles. The topological polar surface area (TPSA) is 170 Å². The highest BCUT2D eigenvalue weighted by atomic mass is 32.2. The average Bonchev–Trinajstić information content (AvgIpc) is 3.58. The van der Waals surface area contributed by atoms with Crippen LogP contribution in [0.2, 0.25) is 0 Å². The number of anilines is 3. The minimum absolute atomic E-state index is 0.212. The zero-order chi connectivity index (χ0) is 40.2. The summed E-state index contributed by atoms with van der Waals surface area (Å²) in [6, 6.07) is 14.7. The van der Waals surface area contributed by atoms with Crippen molar-refractivity contribution in [3.8, 4) is 0 Å². The van der Waals surface area contributed by atoms with E-state index in [1.807, 2.05) is 23.9 Å². The van der Waals surface area contributed by atoms with Crippen molar-refractivity contribution in [1.82, 2.24) is 34.3 Å². The molecule has 4 saturated heterocycles.